The second-order valence-electron chi connectivity index (χ2n) is 9.06. The molecule has 2 N–H and O–H groups in total. The molecule has 38 heavy (non-hydrogen) atoms. The van der Waals surface area contributed by atoms with E-state index in [1.165, 1.54) is 6.08 Å². The number of carbonyl (C=O) groups is 1. The number of rotatable bonds is 11. The molecule has 10 heteroatoms. The van der Waals surface area contributed by atoms with Crippen LogP contribution in [0.3, 0.4) is 0 Å². The molecule has 4 aromatic rings. The van der Waals surface area contributed by atoms with E-state index in [4.69, 9.17) is 14.8 Å². The van der Waals surface area contributed by atoms with Crippen LogP contribution in [0.4, 0.5) is 23.0 Å². The molecule has 198 valence electrons. The zero-order valence-corrected chi connectivity index (χ0v) is 22.5. The Hall–Kier alpha value is -4.44. The maximum Gasteiger partial charge on any atom is 0.247 e. The molecule has 2 aromatic carbocycles. The molecule has 10 nitrogen and oxygen atoms in total. The van der Waals surface area contributed by atoms with Crippen LogP contribution in [-0.2, 0) is 11.3 Å². The number of nitrogens with one attached hydrogen (secondary N) is 2. The van der Waals surface area contributed by atoms with Gasteiger partial charge in [-0.1, -0.05) is 24.8 Å². The Bertz CT molecular complexity index is 1450. The molecule has 2 aromatic heterocycles. The lowest BCUT2D eigenvalue weighted by Crippen LogP contribution is -2.29. The third-order valence-electron chi connectivity index (χ3n) is 6.16. The fraction of sp³-hybridized carbons (Fsp3) is 0.286. The Morgan fingerprint density at radius 2 is 1.92 bits per heavy atom. The number of anilines is 4. The summed E-state index contributed by atoms with van der Waals surface area (Å²) in [5, 5.41) is 12.0. The molecule has 0 atom stereocenters. The first-order chi connectivity index (χ1) is 18.3. The lowest BCUT2D eigenvalue weighted by atomic mass is 10.1. The number of para-hydroxylation sites is 1. The number of amides is 1. The molecule has 0 bridgehead atoms. The Morgan fingerprint density at radius 1 is 1.13 bits per heavy atom. The van der Waals surface area contributed by atoms with Gasteiger partial charge in [0.25, 0.3) is 0 Å². The number of methoxy groups -OCH3 is 1. The van der Waals surface area contributed by atoms with Gasteiger partial charge in [-0.25, -0.2) is 9.97 Å². The normalized spacial score (nSPS) is 11.0. The highest BCUT2D eigenvalue weighted by atomic mass is 16.5. The Kier molecular flexibility index (Phi) is 8.22. The Morgan fingerprint density at radius 3 is 2.63 bits per heavy atom. The highest BCUT2D eigenvalue weighted by Crippen LogP contribution is 2.38. The van der Waals surface area contributed by atoms with Crippen LogP contribution in [0.5, 0.6) is 5.75 Å². The van der Waals surface area contributed by atoms with Gasteiger partial charge in [0.2, 0.25) is 11.9 Å². The maximum absolute atomic E-state index is 12.2. The largest absolute Gasteiger partial charge is 0.494 e. The average molecular weight is 515 g/mol. The van der Waals surface area contributed by atoms with E-state index in [2.05, 4.69) is 45.0 Å². The number of ether oxygens (including phenoxy) is 1. The van der Waals surface area contributed by atoms with Crippen molar-refractivity contribution in [1.29, 1.82) is 0 Å². The van der Waals surface area contributed by atoms with E-state index in [0.29, 0.717) is 28.8 Å². The van der Waals surface area contributed by atoms with Crippen molar-refractivity contribution in [2.45, 2.75) is 13.5 Å². The standard InChI is InChI=1S/C28H34N8O2/c1-7-26(37)30-21-17-22(25(38-6)18-24(21)35(5)16-15-34(3)4)32-28-29-14-13-20(31-28)27-19-11-9-10-12-23(19)36(8-2)33-27/h7,9-14,17-18H,1,8,15-16H2,2-6H3,(H,30,37)(H,29,31,32). The van der Waals surface area contributed by atoms with Crippen molar-refractivity contribution in [2.75, 3.05) is 56.9 Å². The van der Waals surface area contributed by atoms with E-state index in [-0.39, 0.29) is 5.91 Å². The first-order valence-electron chi connectivity index (χ1n) is 12.4. The molecule has 1 amide bonds. The molecule has 0 spiro atoms. The minimum Gasteiger partial charge on any atom is -0.494 e. The van der Waals surface area contributed by atoms with E-state index in [1.54, 1.807) is 13.3 Å². The monoisotopic (exact) mass is 514 g/mol. The number of hydrogen-bond acceptors (Lipinski definition) is 8. The second kappa shape index (κ2) is 11.7. The van der Waals surface area contributed by atoms with Crippen molar-refractivity contribution in [3.8, 4) is 17.1 Å². The number of likely N-dealkylation sites (N-methyl/N-ethyl adjacent to an activating group) is 2. The summed E-state index contributed by atoms with van der Waals surface area (Å²) in [6, 6.07) is 13.6. The highest BCUT2D eigenvalue weighted by molar-refractivity contribution is 6.02. The van der Waals surface area contributed by atoms with Crippen LogP contribution in [0, 0.1) is 0 Å². The quantitative estimate of drug-likeness (QED) is 0.284. The van der Waals surface area contributed by atoms with Crippen LogP contribution in [0.1, 0.15) is 6.92 Å². The summed E-state index contributed by atoms with van der Waals surface area (Å²) in [7, 11) is 7.62. The molecule has 0 fully saturated rings. The van der Waals surface area contributed by atoms with Crippen molar-refractivity contribution in [2.24, 2.45) is 0 Å². The molecule has 0 saturated heterocycles. The third-order valence-corrected chi connectivity index (χ3v) is 6.16. The summed E-state index contributed by atoms with van der Waals surface area (Å²) < 4.78 is 7.67. The molecule has 0 aliphatic carbocycles. The summed E-state index contributed by atoms with van der Waals surface area (Å²) in [5.74, 6) is 0.661. The van der Waals surface area contributed by atoms with Gasteiger partial charge in [0.15, 0.2) is 0 Å². The SMILES string of the molecule is C=CC(=O)Nc1cc(Nc2nccc(-c3nn(CC)c4ccccc34)n2)c(OC)cc1N(C)CCN(C)C. The fourth-order valence-electron chi connectivity index (χ4n) is 4.13. The summed E-state index contributed by atoms with van der Waals surface area (Å²) in [5.41, 5.74) is 4.58. The van der Waals surface area contributed by atoms with Crippen molar-refractivity contribution >= 4 is 39.8 Å². The number of nitrogens with zero attached hydrogens (tertiary/aromatic N) is 6. The van der Waals surface area contributed by atoms with Crippen molar-refractivity contribution in [1.82, 2.24) is 24.6 Å². The molecule has 4 rings (SSSR count). The smallest absolute Gasteiger partial charge is 0.247 e. The zero-order chi connectivity index (χ0) is 27.2. The van der Waals surface area contributed by atoms with Gasteiger partial charge in [0.05, 0.1) is 35.4 Å². The zero-order valence-electron chi connectivity index (χ0n) is 22.5. The third kappa shape index (κ3) is 5.76. The van der Waals surface area contributed by atoms with Gasteiger partial charge < -0.3 is 25.2 Å². The van der Waals surface area contributed by atoms with Crippen molar-refractivity contribution in [3.05, 3.63) is 61.3 Å². The molecule has 2 heterocycles. The van der Waals surface area contributed by atoms with E-state index in [0.717, 1.165) is 41.9 Å². The summed E-state index contributed by atoms with van der Waals surface area (Å²) in [6.07, 6.45) is 2.94. The maximum atomic E-state index is 12.2. The second-order valence-corrected chi connectivity index (χ2v) is 9.06. The molecule has 0 aliphatic rings. The molecular formula is C28H34N8O2. The Labute approximate surface area is 222 Å². The van der Waals surface area contributed by atoms with Crippen LogP contribution in [-0.4, -0.2) is 71.9 Å². The number of hydrogen-bond donors (Lipinski definition) is 2. The highest BCUT2D eigenvalue weighted by Gasteiger charge is 2.18. The molecular weight excluding hydrogens is 480 g/mol. The van der Waals surface area contributed by atoms with Gasteiger partial charge in [-0.3, -0.25) is 9.48 Å². The molecule has 0 aliphatic heterocycles. The van der Waals surface area contributed by atoms with Crippen molar-refractivity contribution < 1.29 is 9.53 Å². The first kappa shape index (κ1) is 26.6. The average Bonchev–Trinajstić information content (AvgIpc) is 3.31. The number of benzene rings is 2. The molecule has 0 unspecified atom stereocenters. The topological polar surface area (TPSA) is 100 Å². The number of aryl methyl sites for hydroxylation is 1. The summed E-state index contributed by atoms with van der Waals surface area (Å²) in [4.78, 5) is 25.6. The predicted octanol–water partition coefficient (Wildman–Crippen LogP) is 4.39. The fourth-order valence-corrected chi connectivity index (χ4v) is 4.13. The van der Waals surface area contributed by atoms with Crippen LogP contribution < -0.4 is 20.3 Å². The summed E-state index contributed by atoms with van der Waals surface area (Å²) in [6.45, 7) is 7.99. The Balaban J connectivity index is 1.71. The van der Waals surface area contributed by atoms with Gasteiger partial charge in [-0.2, -0.15) is 5.10 Å². The first-order valence-corrected chi connectivity index (χ1v) is 12.4. The minimum atomic E-state index is -0.306. The number of aromatic nitrogens is 4. The minimum absolute atomic E-state index is 0.306. The van der Waals surface area contributed by atoms with E-state index in [9.17, 15) is 4.79 Å². The summed E-state index contributed by atoms with van der Waals surface area (Å²) >= 11 is 0. The van der Waals surface area contributed by atoms with Crippen molar-refractivity contribution in [3.63, 3.8) is 0 Å². The van der Waals surface area contributed by atoms with Crippen LogP contribution in [0.15, 0.2) is 61.3 Å². The van der Waals surface area contributed by atoms with E-state index in [1.807, 2.05) is 62.2 Å². The van der Waals surface area contributed by atoms with Crippen LogP contribution >= 0.6 is 0 Å². The lowest BCUT2D eigenvalue weighted by Gasteiger charge is -2.26. The van der Waals surface area contributed by atoms with Gasteiger partial charge in [-0.05, 0) is 45.3 Å². The van der Waals surface area contributed by atoms with E-state index >= 15 is 0 Å². The predicted molar refractivity (Wildman–Crippen MR) is 153 cm³/mol. The van der Waals surface area contributed by atoms with Crippen LogP contribution in [0.25, 0.3) is 22.3 Å². The van der Waals surface area contributed by atoms with Gasteiger partial charge >= 0.3 is 0 Å². The van der Waals surface area contributed by atoms with Crippen LogP contribution in [0.2, 0.25) is 0 Å². The number of carbonyl (C=O) groups excluding carboxylic acids is 1. The van der Waals surface area contributed by atoms with Gasteiger partial charge in [-0.15, -0.1) is 0 Å². The molecule has 0 radical (unpaired) electrons. The number of fused-ring (bicyclic) bond motifs is 1. The lowest BCUT2D eigenvalue weighted by molar-refractivity contribution is -0.111. The van der Waals surface area contributed by atoms with Gasteiger partial charge in [0.1, 0.15) is 11.4 Å². The van der Waals surface area contributed by atoms with Gasteiger partial charge in [0, 0.05) is 44.3 Å². The van der Waals surface area contributed by atoms with E-state index < -0.39 is 0 Å². The molecule has 0 saturated carbocycles.